The van der Waals surface area contributed by atoms with Crippen molar-refractivity contribution in [2.45, 2.75) is 20.4 Å². The molecule has 0 radical (unpaired) electrons. The van der Waals surface area contributed by atoms with Gasteiger partial charge in [0.1, 0.15) is 6.54 Å². The second kappa shape index (κ2) is 6.80. The molecule has 0 unspecified atom stereocenters. The van der Waals surface area contributed by atoms with Crippen LogP contribution in [0.2, 0.25) is 0 Å². The van der Waals surface area contributed by atoms with Crippen LogP contribution in [0.4, 0.5) is 5.69 Å². The Morgan fingerprint density at radius 1 is 1.17 bits per heavy atom. The predicted octanol–water partition coefficient (Wildman–Crippen LogP) is 3.86. The van der Waals surface area contributed by atoms with Crippen LogP contribution in [0.5, 0.6) is 0 Å². The Morgan fingerprint density at radius 2 is 1.88 bits per heavy atom. The monoisotopic (exact) mass is 338 g/mol. The molecular weight excluding hydrogens is 320 g/mol. The quantitative estimate of drug-likeness (QED) is 0.710. The van der Waals surface area contributed by atoms with E-state index in [9.17, 15) is 4.79 Å². The summed E-state index contributed by atoms with van der Waals surface area (Å²) in [6.07, 6.45) is 0. The minimum Gasteiger partial charge on any atom is -0.324 e. The van der Waals surface area contributed by atoms with E-state index < -0.39 is 0 Å². The number of carbonyl (C=O) groups is 1. The lowest BCUT2D eigenvalue weighted by Crippen LogP contribution is -2.20. The third kappa shape index (κ3) is 3.44. The second-order valence-corrected chi connectivity index (χ2v) is 6.05. The Labute approximate surface area is 145 Å². The van der Waals surface area contributed by atoms with E-state index in [-0.39, 0.29) is 12.5 Å². The topological polar surface area (TPSA) is 62.7 Å². The zero-order valence-electron chi connectivity index (χ0n) is 13.5. The van der Waals surface area contributed by atoms with Gasteiger partial charge in [0.25, 0.3) is 0 Å². The summed E-state index contributed by atoms with van der Waals surface area (Å²) in [4.78, 5) is 12.4. The molecule has 0 atom stereocenters. The highest BCUT2D eigenvalue weighted by Crippen LogP contribution is 2.18. The number of amides is 1. The molecule has 0 aliphatic heterocycles. The maximum Gasteiger partial charge on any atom is 0.244 e. The van der Waals surface area contributed by atoms with Crippen LogP contribution in [0.25, 0.3) is 11.4 Å². The van der Waals surface area contributed by atoms with Crippen molar-refractivity contribution in [3.8, 4) is 11.4 Å². The molecule has 3 aromatic rings. The van der Waals surface area contributed by atoms with E-state index in [1.54, 1.807) is 4.57 Å². The molecule has 2 aromatic carbocycles. The average Bonchev–Trinajstić information content (AvgIpc) is 2.91. The molecule has 1 aromatic heterocycles. The van der Waals surface area contributed by atoms with Crippen LogP contribution >= 0.6 is 12.2 Å². The molecule has 1 amide bonds. The van der Waals surface area contributed by atoms with Crippen molar-refractivity contribution in [1.82, 2.24) is 14.8 Å². The van der Waals surface area contributed by atoms with Gasteiger partial charge in [-0.15, -0.1) is 0 Å². The number of aromatic amines is 1. The first kappa shape index (κ1) is 16.1. The first-order valence-corrected chi connectivity index (χ1v) is 8.03. The lowest BCUT2D eigenvalue weighted by Gasteiger charge is -2.10. The molecular formula is C18H18N4OS. The number of H-pyrrole nitrogens is 1. The van der Waals surface area contributed by atoms with Crippen LogP contribution in [0.3, 0.4) is 0 Å². The van der Waals surface area contributed by atoms with Gasteiger partial charge in [0.15, 0.2) is 10.6 Å². The third-order valence-corrected chi connectivity index (χ3v) is 4.10. The highest BCUT2D eigenvalue weighted by Gasteiger charge is 2.13. The number of aryl methyl sites for hydroxylation is 2. The fourth-order valence-corrected chi connectivity index (χ4v) is 2.63. The molecule has 2 N–H and O–H groups in total. The molecule has 5 nitrogen and oxygen atoms in total. The van der Waals surface area contributed by atoms with Gasteiger partial charge in [0.2, 0.25) is 5.91 Å². The summed E-state index contributed by atoms with van der Waals surface area (Å²) in [6, 6.07) is 15.6. The fraction of sp³-hybridized carbons (Fsp3) is 0.167. The van der Waals surface area contributed by atoms with Crippen LogP contribution in [0.15, 0.2) is 48.5 Å². The Morgan fingerprint density at radius 3 is 2.58 bits per heavy atom. The molecule has 1 heterocycles. The highest BCUT2D eigenvalue weighted by molar-refractivity contribution is 7.71. The third-order valence-electron chi connectivity index (χ3n) is 3.79. The number of nitrogens with zero attached hydrogens (tertiary/aromatic N) is 2. The van der Waals surface area contributed by atoms with Crippen LogP contribution < -0.4 is 5.32 Å². The minimum atomic E-state index is -0.143. The molecule has 0 saturated carbocycles. The number of benzene rings is 2. The summed E-state index contributed by atoms with van der Waals surface area (Å²) in [5.41, 5.74) is 3.89. The van der Waals surface area contributed by atoms with Crippen molar-refractivity contribution in [2.24, 2.45) is 0 Å². The number of nitrogens with one attached hydrogen (secondary N) is 2. The van der Waals surface area contributed by atoms with Gasteiger partial charge >= 0.3 is 0 Å². The van der Waals surface area contributed by atoms with Gasteiger partial charge in [0.05, 0.1) is 0 Å². The van der Waals surface area contributed by atoms with E-state index in [4.69, 9.17) is 12.2 Å². The number of carbonyl (C=O) groups excluding carboxylic acids is 1. The van der Waals surface area contributed by atoms with E-state index in [2.05, 4.69) is 15.5 Å². The van der Waals surface area contributed by atoms with Gasteiger partial charge in [0, 0.05) is 11.3 Å². The van der Waals surface area contributed by atoms with Crippen molar-refractivity contribution >= 4 is 23.8 Å². The van der Waals surface area contributed by atoms with E-state index >= 15 is 0 Å². The largest absolute Gasteiger partial charge is 0.324 e. The predicted molar refractivity (Wildman–Crippen MR) is 97.4 cm³/mol. The molecule has 122 valence electrons. The highest BCUT2D eigenvalue weighted by atomic mass is 32.1. The molecule has 24 heavy (non-hydrogen) atoms. The number of anilines is 1. The first-order chi connectivity index (χ1) is 11.5. The molecule has 0 spiro atoms. The molecule has 0 fully saturated rings. The van der Waals surface area contributed by atoms with Gasteiger partial charge < -0.3 is 5.32 Å². The minimum absolute atomic E-state index is 0.104. The van der Waals surface area contributed by atoms with Crippen LogP contribution in [0.1, 0.15) is 11.1 Å². The van der Waals surface area contributed by atoms with Crippen molar-refractivity contribution < 1.29 is 4.79 Å². The summed E-state index contributed by atoms with van der Waals surface area (Å²) >= 11 is 5.27. The second-order valence-electron chi connectivity index (χ2n) is 5.67. The smallest absolute Gasteiger partial charge is 0.244 e. The van der Waals surface area contributed by atoms with Crippen molar-refractivity contribution in [2.75, 3.05) is 5.32 Å². The van der Waals surface area contributed by atoms with Gasteiger partial charge in [-0.05, 0) is 37.7 Å². The van der Waals surface area contributed by atoms with Crippen LogP contribution in [0, 0.1) is 18.6 Å². The van der Waals surface area contributed by atoms with Crippen molar-refractivity contribution in [3.05, 3.63) is 64.4 Å². The molecule has 3 rings (SSSR count). The Kier molecular flexibility index (Phi) is 4.57. The van der Waals surface area contributed by atoms with Crippen molar-refractivity contribution in [3.63, 3.8) is 0 Å². The Balaban J connectivity index is 1.84. The van der Waals surface area contributed by atoms with Gasteiger partial charge in [-0.1, -0.05) is 48.0 Å². The lowest BCUT2D eigenvalue weighted by molar-refractivity contribution is -0.116. The van der Waals surface area contributed by atoms with E-state index in [1.807, 2.05) is 62.4 Å². The van der Waals surface area contributed by atoms with Crippen LogP contribution in [-0.2, 0) is 11.3 Å². The average molecular weight is 338 g/mol. The number of para-hydroxylation sites is 1. The zero-order valence-corrected chi connectivity index (χ0v) is 14.4. The van der Waals surface area contributed by atoms with Gasteiger partial charge in [-0.25, -0.2) is 0 Å². The van der Waals surface area contributed by atoms with Crippen molar-refractivity contribution in [1.29, 1.82) is 0 Å². The van der Waals surface area contributed by atoms with E-state index in [1.165, 1.54) is 0 Å². The number of hydrogen-bond acceptors (Lipinski definition) is 3. The number of hydrogen-bond donors (Lipinski definition) is 2. The summed E-state index contributed by atoms with van der Waals surface area (Å²) in [5, 5.41) is 9.94. The van der Waals surface area contributed by atoms with Gasteiger partial charge in [-0.2, -0.15) is 5.10 Å². The summed E-state index contributed by atoms with van der Waals surface area (Å²) < 4.78 is 2.12. The summed E-state index contributed by atoms with van der Waals surface area (Å²) in [6.45, 7) is 4.08. The molecule has 0 saturated heterocycles. The summed E-state index contributed by atoms with van der Waals surface area (Å²) in [5.74, 6) is 0.509. The first-order valence-electron chi connectivity index (χ1n) is 7.62. The maximum absolute atomic E-state index is 12.4. The Hall–Kier alpha value is -2.73. The van der Waals surface area contributed by atoms with Gasteiger partial charge in [-0.3, -0.25) is 14.5 Å². The molecule has 6 heteroatoms. The normalized spacial score (nSPS) is 10.6. The molecule has 0 bridgehead atoms. The molecule has 0 aliphatic rings. The maximum atomic E-state index is 12.4. The lowest BCUT2D eigenvalue weighted by atomic mass is 10.1. The fourth-order valence-electron chi connectivity index (χ4n) is 2.43. The zero-order chi connectivity index (χ0) is 17.1. The van der Waals surface area contributed by atoms with Crippen LogP contribution in [-0.4, -0.2) is 20.7 Å². The summed E-state index contributed by atoms with van der Waals surface area (Å²) in [7, 11) is 0. The number of aromatic nitrogens is 3. The number of rotatable bonds is 4. The molecule has 0 aliphatic carbocycles. The SMILES string of the molecule is Cc1ccc(-c2n[nH]c(=S)n2CC(=O)Nc2ccccc2C)cc1. The Bertz CT molecular complexity index is 925. The van der Waals surface area contributed by atoms with E-state index in [0.717, 1.165) is 22.4 Å². The van der Waals surface area contributed by atoms with E-state index in [0.29, 0.717) is 10.6 Å². The standard InChI is InChI=1S/C18H18N4OS/c1-12-7-9-14(10-8-12)17-20-21-18(24)22(17)11-16(23)19-15-6-4-3-5-13(15)2/h3-10H,11H2,1-2H3,(H,19,23)(H,21,24).